The van der Waals surface area contributed by atoms with E-state index in [0.29, 0.717) is 5.82 Å². The Morgan fingerprint density at radius 1 is 1.05 bits per heavy atom. The standard InChI is InChI=1S/C16H16N4O/c1-10-9-17-16(14-11(2)20-21-12(14)3)19-15(10)18-13-7-5-4-6-8-13/h4-9H,1-3H3,(H,17,18,19). The first kappa shape index (κ1) is 13.3. The second kappa shape index (κ2) is 5.36. The highest BCUT2D eigenvalue weighted by Crippen LogP contribution is 2.26. The minimum atomic E-state index is 0.621. The molecule has 0 radical (unpaired) electrons. The maximum Gasteiger partial charge on any atom is 0.167 e. The van der Waals surface area contributed by atoms with Gasteiger partial charge in [-0.1, -0.05) is 23.4 Å². The van der Waals surface area contributed by atoms with E-state index in [-0.39, 0.29) is 0 Å². The van der Waals surface area contributed by atoms with Gasteiger partial charge < -0.3 is 9.84 Å². The number of nitrogens with zero attached hydrogens (tertiary/aromatic N) is 3. The summed E-state index contributed by atoms with van der Waals surface area (Å²) in [6, 6.07) is 9.93. The predicted molar refractivity (Wildman–Crippen MR) is 81.5 cm³/mol. The zero-order valence-corrected chi connectivity index (χ0v) is 12.2. The maximum atomic E-state index is 5.19. The van der Waals surface area contributed by atoms with Crippen LogP contribution >= 0.6 is 0 Å². The van der Waals surface area contributed by atoms with Crippen molar-refractivity contribution in [2.75, 3.05) is 5.32 Å². The van der Waals surface area contributed by atoms with Crippen LogP contribution in [0.5, 0.6) is 0 Å². The molecule has 0 saturated carbocycles. The Bertz CT molecular complexity index is 746. The van der Waals surface area contributed by atoms with Crippen molar-refractivity contribution < 1.29 is 4.52 Å². The number of nitrogens with one attached hydrogen (secondary N) is 1. The van der Waals surface area contributed by atoms with Gasteiger partial charge in [0.1, 0.15) is 11.6 Å². The Morgan fingerprint density at radius 2 is 1.81 bits per heavy atom. The summed E-state index contributed by atoms with van der Waals surface area (Å²) in [6.45, 7) is 5.73. The summed E-state index contributed by atoms with van der Waals surface area (Å²) in [5, 5.41) is 7.26. The van der Waals surface area contributed by atoms with Gasteiger partial charge in [0.25, 0.3) is 0 Å². The maximum absolute atomic E-state index is 5.19. The molecule has 3 rings (SSSR count). The van der Waals surface area contributed by atoms with Gasteiger partial charge >= 0.3 is 0 Å². The van der Waals surface area contributed by atoms with E-state index in [2.05, 4.69) is 20.4 Å². The van der Waals surface area contributed by atoms with Crippen LogP contribution in [-0.4, -0.2) is 15.1 Å². The van der Waals surface area contributed by atoms with Crippen LogP contribution in [0.15, 0.2) is 41.1 Å². The molecular formula is C16H16N4O. The lowest BCUT2D eigenvalue weighted by atomic mass is 10.2. The van der Waals surface area contributed by atoms with Crippen molar-refractivity contribution in [1.82, 2.24) is 15.1 Å². The van der Waals surface area contributed by atoms with Gasteiger partial charge in [-0.3, -0.25) is 0 Å². The molecule has 0 aliphatic heterocycles. The Morgan fingerprint density at radius 3 is 2.48 bits per heavy atom. The Hall–Kier alpha value is -2.69. The van der Waals surface area contributed by atoms with E-state index < -0.39 is 0 Å². The molecule has 0 amide bonds. The summed E-state index contributed by atoms with van der Waals surface area (Å²) in [4.78, 5) is 9.00. The molecular weight excluding hydrogens is 264 g/mol. The lowest BCUT2D eigenvalue weighted by Crippen LogP contribution is -2.00. The third-order valence-corrected chi connectivity index (χ3v) is 3.27. The highest BCUT2D eigenvalue weighted by atomic mass is 16.5. The first-order valence-electron chi connectivity index (χ1n) is 6.74. The van der Waals surface area contributed by atoms with Crippen LogP contribution in [0.1, 0.15) is 17.0 Å². The zero-order valence-electron chi connectivity index (χ0n) is 12.2. The van der Waals surface area contributed by atoms with E-state index in [1.807, 2.05) is 51.1 Å². The number of hydrogen-bond acceptors (Lipinski definition) is 5. The molecule has 3 aromatic rings. The van der Waals surface area contributed by atoms with E-state index in [0.717, 1.165) is 34.1 Å². The van der Waals surface area contributed by atoms with Crippen LogP contribution in [0.3, 0.4) is 0 Å². The van der Waals surface area contributed by atoms with Crippen molar-refractivity contribution in [3.63, 3.8) is 0 Å². The molecule has 0 aliphatic rings. The molecule has 0 unspecified atom stereocenters. The molecule has 0 aliphatic carbocycles. The van der Waals surface area contributed by atoms with Crippen LogP contribution in [0.2, 0.25) is 0 Å². The minimum Gasteiger partial charge on any atom is -0.361 e. The van der Waals surface area contributed by atoms with Gasteiger partial charge in [-0.05, 0) is 32.9 Å². The lowest BCUT2D eigenvalue weighted by Gasteiger charge is -2.09. The zero-order chi connectivity index (χ0) is 14.8. The minimum absolute atomic E-state index is 0.621. The highest BCUT2D eigenvalue weighted by molar-refractivity contribution is 5.65. The molecule has 0 fully saturated rings. The third kappa shape index (κ3) is 2.63. The number of rotatable bonds is 3. The molecule has 0 saturated heterocycles. The van der Waals surface area contributed by atoms with Gasteiger partial charge in [-0.2, -0.15) is 0 Å². The average molecular weight is 280 g/mol. The quantitative estimate of drug-likeness (QED) is 0.790. The van der Waals surface area contributed by atoms with Crippen LogP contribution in [0, 0.1) is 20.8 Å². The summed E-state index contributed by atoms with van der Waals surface area (Å²) >= 11 is 0. The third-order valence-electron chi connectivity index (χ3n) is 3.27. The summed E-state index contributed by atoms with van der Waals surface area (Å²) in [5.41, 5.74) is 3.62. The van der Waals surface area contributed by atoms with E-state index in [9.17, 15) is 0 Å². The van der Waals surface area contributed by atoms with E-state index in [1.54, 1.807) is 6.20 Å². The SMILES string of the molecule is Cc1cnc(-c2c(C)noc2C)nc1Nc1ccccc1. The lowest BCUT2D eigenvalue weighted by molar-refractivity contribution is 0.393. The van der Waals surface area contributed by atoms with Crippen molar-refractivity contribution >= 4 is 11.5 Å². The van der Waals surface area contributed by atoms with Crippen molar-refractivity contribution in [3.05, 3.63) is 53.5 Å². The number of benzene rings is 1. The van der Waals surface area contributed by atoms with Gasteiger partial charge in [0.15, 0.2) is 5.82 Å². The molecule has 5 nitrogen and oxygen atoms in total. The topological polar surface area (TPSA) is 63.8 Å². The van der Waals surface area contributed by atoms with E-state index >= 15 is 0 Å². The fourth-order valence-corrected chi connectivity index (χ4v) is 2.15. The predicted octanol–water partition coefficient (Wildman–Crippen LogP) is 3.80. The van der Waals surface area contributed by atoms with Crippen LogP contribution < -0.4 is 5.32 Å². The summed E-state index contributed by atoms with van der Waals surface area (Å²) < 4.78 is 5.19. The first-order chi connectivity index (χ1) is 10.1. The van der Waals surface area contributed by atoms with E-state index in [4.69, 9.17) is 4.52 Å². The van der Waals surface area contributed by atoms with Gasteiger partial charge in [0.05, 0.1) is 11.3 Å². The summed E-state index contributed by atoms with van der Waals surface area (Å²) in [6.07, 6.45) is 1.81. The Balaban J connectivity index is 2.01. The summed E-state index contributed by atoms with van der Waals surface area (Å²) in [7, 11) is 0. The summed E-state index contributed by atoms with van der Waals surface area (Å²) in [5.74, 6) is 2.13. The smallest absolute Gasteiger partial charge is 0.167 e. The molecule has 5 heteroatoms. The molecule has 2 aromatic heterocycles. The number of hydrogen-bond donors (Lipinski definition) is 1. The highest BCUT2D eigenvalue weighted by Gasteiger charge is 2.15. The Labute approximate surface area is 123 Å². The second-order valence-electron chi connectivity index (χ2n) is 4.92. The van der Waals surface area contributed by atoms with Crippen molar-refractivity contribution in [2.45, 2.75) is 20.8 Å². The second-order valence-corrected chi connectivity index (χ2v) is 4.92. The van der Waals surface area contributed by atoms with Crippen LogP contribution in [0.25, 0.3) is 11.4 Å². The molecule has 1 N–H and O–H groups in total. The fourth-order valence-electron chi connectivity index (χ4n) is 2.15. The largest absolute Gasteiger partial charge is 0.361 e. The van der Waals surface area contributed by atoms with Crippen molar-refractivity contribution in [2.24, 2.45) is 0 Å². The molecule has 2 heterocycles. The van der Waals surface area contributed by atoms with Crippen molar-refractivity contribution in [1.29, 1.82) is 0 Å². The Kier molecular flexibility index (Phi) is 3.39. The van der Waals surface area contributed by atoms with Crippen LogP contribution in [-0.2, 0) is 0 Å². The van der Waals surface area contributed by atoms with Gasteiger partial charge in [0.2, 0.25) is 0 Å². The fraction of sp³-hybridized carbons (Fsp3) is 0.188. The number of aromatic nitrogens is 3. The normalized spacial score (nSPS) is 10.6. The molecule has 21 heavy (non-hydrogen) atoms. The number of para-hydroxylation sites is 1. The van der Waals surface area contributed by atoms with Crippen molar-refractivity contribution in [3.8, 4) is 11.4 Å². The molecule has 0 atom stereocenters. The molecule has 0 bridgehead atoms. The monoisotopic (exact) mass is 280 g/mol. The van der Waals surface area contributed by atoms with Gasteiger partial charge in [-0.15, -0.1) is 0 Å². The van der Waals surface area contributed by atoms with E-state index in [1.165, 1.54) is 0 Å². The molecule has 1 aromatic carbocycles. The first-order valence-corrected chi connectivity index (χ1v) is 6.74. The average Bonchev–Trinajstić information content (AvgIpc) is 2.82. The van der Waals surface area contributed by atoms with Crippen LogP contribution in [0.4, 0.5) is 11.5 Å². The number of aryl methyl sites for hydroxylation is 3. The molecule has 0 spiro atoms. The van der Waals surface area contributed by atoms with Gasteiger partial charge in [-0.25, -0.2) is 9.97 Å². The number of anilines is 2. The van der Waals surface area contributed by atoms with Gasteiger partial charge in [0, 0.05) is 17.4 Å². The molecule has 106 valence electrons.